The fourth-order valence-corrected chi connectivity index (χ4v) is 4.08. The summed E-state index contributed by atoms with van der Waals surface area (Å²) in [7, 11) is 0. The van der Waals surface area contributed by atoms with Gasteiger partial charge in [-0.15, -0.1) is 0 Å². The van der Waals surface area contributed by atoms with Gasteiger partial charge in [0.2, 0.25) is 0 Å². The van der Waals surface area contributed by atoms with Crippen molar-refractivity contribution in [2.24, 2.45) is 5.92 Å². The average Bonchev–Trinajstić information content (AvgIpc) is 2.93. The fourth-order valence-electron chi connectivity index (χ4n) is 4.08. The Morgan fingerprint density at radius 1 is 1.20 bits per heavy atom. The van der Waals surface area contributed by atoms with E-state index in [-0.39, 0.29) is 0 Å². The molecule has 2 nitrogen and oxygen atoms in total. The highest BCUT2D eigenvalue weighted by Crippen LogP contribution is 2.36. The van der Waals surface area contributed by atoms with Gasteiger partial charge in [-0.05, 0) is 30.7 Å². The summed E-state index contributed by atoms with van der Waals surface area (Å²) in [6, 6.07) is 13.1. The lowest BCUT2D eigenvalue weighted by atomic mass is 9.94. The van der Waals surface area contributed by atoms with Crippen LogP contribution in [0.25, 0.3) is 0 Å². The van der Waals surface area contributed by atoms with Gasteiger partial charge >= 0.3 is 0 Å². The molecule has 4 unspecified atom stereocenters. The molecular formula is C18H28N2. The third-order valence-corrected chi connectivity index (χ3v) is 5.35. The zero-order chi connectivity index (χ0) is 13.9. The summed E-state index contributed by atoms with van der Waals surface area (Å²) in [5.74, 6) is 0.858. The zero-order valence-corrected chi connectivity index (χ0v) is 12.9. The third-order valence-electron chi connectivity index (χ3n) is 5.35. The first kappa shape index (κ1) is 14.1. The van der Waals surface area contributed by atoms with Crippen LogP contribution < -0.4 is 5.32 Å². The molecule has 110 valence electrons. The van der Waals surface area contributed by atoms with E-state index in [9.17, 15) is 0 Å². The molecule has 1 N–H and O–H groups in total. The molecule has 4 atom stereocenters. The Hall–Kier alpha value is -0.860. The standard InChI is InChI=1S/C18H28N2/c1-3-16-13-20(17-11-7-8-14(17)2)18(12-19-16)15-9-5-4-6-10-15/h4-6,9-10,14,16-19H,3,7-8,11-13H2,1-2H3. The Bertz CT molecular complexity index is 417. The van der Waals surface area contributed by atoms with Crippen molar-refractivity contribution in [2.75, 3.05) is 13.1 Å². The van der Waals surface area contributed by atoms with Gasteiger partial charge in [0.25, 0.3) is 0 Å². The van der Waals surface area contributed by atoms with Gasteiger partial charge in [-0.3, -0.25) is 4.90 Å². The Morgan fingerprint density at radius 3 is 2.65 bits per heavy atom. The van der Waals surface area contributed by atoms with E-state index in [1.165, 1.54) is 37.8 Å². The van der Waals surface area contributed by atoms with E-state index in [1.54, 1.807) is 0 Å². The lowest BCUT2D eigenvalue weighted by Gasteiger charge is -2.45. The number of nitrogens with one attached hydrogen (secondary N) is 1. The van der Waals surface area contributed by atoms with Crippen LogP contribution in [0.3, 0.4) is 0 Å². The SMILES string of the molecule is CCC1CN(C2CCCC2C)C(c2ccccc2)CN1. The maximum Gasteiger partial charge on any atom is 0.0476 e. The molecule has 2 heteroatoms. The quantitative estimate of drug-likeness (QED) is 0.904. The Kier molecular flexibility index (Phi) is 4.42. The lowest BCUT2D eigenvalue weighted by Crippen LogP contribution is -2.55. The molecule has 20 heavy (non-hydrogen) atoms. The van der Waals surface area contributed by atoms with E-state index in [2.05, 4.69) is 54.4 Å². The minimum Gasteiger partial charge on any atom is -0.311 e. The van der Waals surface area contributed by atoms with Gasteiger partial charge in [-0.2, -0.15) is 0 Å². The van der Waals surface area contributed by atoms with E-state index in [0.29, 0.717) is 12.1 Å². The molecule has 0 amide bonds. The van der Waals surface area contributed by atoms with Crippen molar-refractivity contribution in [2.45, 2.75) is 57.7 Å². The van der Waals surface area contributed by atoms with Crippen molar-refractivity contribution in [1.29, 1.82) is 0 Å². The molecule has 0 spiro atoms. The second kappa shape index (κ2) is 6.28. The summed E-state index contributed by atoms with van der Waals surface area (Å²) in [4.78, 5) is 2.82. The molecule has 3 rings (SSSR count). The van der Waals surface area contributed by atoms with Gasteiger partial charge < -0.3 is 5.32 Å². The monoisotopic (exact) mass is 272 g/mol. The number of hydrogen-bond donors (Lipinski definition) is 1. The summed E-state index contributed by atoms with van der Waals surface area (Å²) >= 11 is 0. The van der Waals surface area contributed by atoms with Crippen LogP contribution in [-0.4, -0.2) is 30.1 Å². The number of piperazine rings is 1. The number of nitrogens with zero attached hydrogens (tertiary/aromatic N) is 1. The summed E-state index contributed by atoms with van der Waals surface area (Å²) in [6.07, 6.45) is 5.45. The van der Waals surface area contributed by atoms with Crippen molar-refractivity contribution in [3.05, 3.63) is 35.9 Å². The van der Waals surface area contributed by atoms with Gasteiger partial charge in [0.1, 0.15) is 0 Å². The van der Waals surface area contributed by atoms with Crippen molar-refractivity contribution in [1.82, 2.24) is 10.2 Å². The second-order valence-electron chi connectivity index (χ2n) is 6.61. The van der Waals surface area contributed by atoms with Crippen LogP contribution >= 0.6 is 0 Å². The maximum absolute atomic E-state index is 3.74. The first-order valence-corrected chi connectivity index (χ1v) is 8.33. The fraction of sp³-hybridized carbons (Fsp3) is 0.667. The Morgan fingerprint density at radius 2 is 2.00 bits per heavy atom. The Balaban J connectivity index is 1.83. The summed E-state index contributed by atoms with van der Waals surface area (Å²) < 4.78 is 0. The van der Waals surface area contributed by atoms with Crippen LogP contribution in [0, 0.1) is 5.92 Å². The third kappa shape index (κ3) is 2.77. The van der Waals surface area contributed by atoms with Crippen LogP contribution in [-0.2, 0) is 0 Å². The van der Waals surface area contributed by atoms with Crippen LogP contribution in [0.15, 0.2) is 30.3 Å². The van der Waals surface area contributed by atoms with Crippen LogP contribution in [0.2, 0.25) is 0 Å². The minimum atomic E-state index is 0.560. The topological polar surface area (TPSA) is 15.3 Å². The summed E-state index contributed by atoms with van der Waals surface area (Å²) in [5, 5.41) is 3.74. The molecule has 0 aromatic heterocycles. The van der Waals surface area contributed by atoms with Gasteiger partial charge in [-0.25, -0.2) is 0 Å². The molecule has 1 aromatic carbocycles. The molecule has 1 aliphatic carbocycles. The van der Waals surface area contributed by atoms with Gasteiger partial charge in [0.15, 0.2) is 0 Å². The maximum atomic E-state index is 3.74. The van der Waals surface area contributed by atoms with E-state index in [1.807, 2.05) is 0 Å². The van der Waals surface area contributed by atoms with E-state index in [4.69, 9.17) is 0 Å². The predicted molar refractivity (Wildman–Crippen MR) is 84.8 cm³/mol. The highest BCUT2D eigenvalue weighted by molar-refractivity contribution is 5.21. The highest BCUT2D eigenvalue weighted by atomic mass is 15.3. The predicted octanol–water partition coefficient (Wildman–Crippen LogP) is 3.60. The smallest absolute Gasteiger partial charge is 0.0476 e. The van der Waals surface area contributed by atoms with Crippen LogP contribution in [0.4, 0.5) is 0 Å². The Labute approximate surface area is 123 Å². The lowest BCUT2D eigenvalue weighted by molar-refractivity contribution is 0.0639. The van der Waals surface area contributed by atoms with Crippen molar-refractivity contribution < 1.29 is 0 Å². The van der Waals surface area contributed by atoms with Gasteiger partial charge in [0, 0.05) is 31.2 Å². The average molecular weight is 272 g/mol. The molecule has 1 saturated heterocycles. The molecule has 0 bridgehead atoms. The first-order valence-electron chi connectivity index (χ1n) is 8.33. The van der Waals surface area contributed by atoms with Crippen molar-refractivity contribution >= 4 is 0 Å². The van der Waals surface area contributed by atoms with Crippen molar-refractivity contribution in [3.63, 3.8) is 0 Å². The van der Waals surface area contributed by atoms with E-state index in [0.717, 1.165) is 18.5 Å². The van der Waals surface area contributed by atoms with Gasteiger partial charge in [0.05, 0.1) is 0 Å². The van der Waals surface area contributed by atoms with E-state index < -0.39 is 0 Å². The molecule has 1 heterocycles. The van der Waals surface area contributed by atoms with Crippen molar-refractivity contribution in [3.8, 4) is 0 Å². The number of hydrogen-bond acceptors (Lipinski definition) is 2. The number of benzene rings is 1. The van der Waals surface area contributed by atoms with Crippen LogP contribution in [0.1, 0.15) is 51.1 Å². The van der Waals surface area contributed by atoms with E-state index >= 15 is 0 Å². The molecule has 0 radical (unpaired) electrons. The second-order valence-corrected chi connectivity index (χ2v) is 6.61. The molecule has 1 aliphatic heterocycles. The van der Waals surface area contributed by atoms with Crippen LogP contribution in [0.5, 0.6) is 0 Å². The minimum absolute atomic E-state index is 0.560. The summed E-state index contributed by atoms with van der Waals surface area (Å²) in [6.45, 7) is 7.07. The molecule has 1 aromatic rings. The highest BCUT2D eigenvalue weighted by Gasteiger charge is 2.37. The zero-order valence-electron chi connectivity index (χ0n) is 12.9. The molecule has 1 saturated carbocycles. The molecule has 2 fully saturated rings. The largest absolute Gasteiger partial charge is 0.311 e. The molecule has 2 aliphatic rings. The van der Waals surface area contributed by atoms with Gasteiger partial charge in [-0.1, -0.05) is 50.6 Å². The number of rotatable bonds is 3. The summed E-state index contributed by atoms with van der Waals surface area (Å²) in [5.41, 5.74) is 1.48. The molecular weight excluding hydrogens is 244 g/mol. The normalized spacial score (nSPS) is 35.3. The first-order chi connectivity index (χ1) is 9.79.